The van der Waals surface area contributed by atoms with Crippen LogP contribution in [0.15, 0.2) is 60.7 Å². The van der Waals surface area contributed by atoms with E-state index in [1.54, 1.807) is 17.0 Å². The Kier molecular flexibility index (Phi) is 7.17. The second kappa shape index (κ2) is 10.5. The van der Waals surface area contributed by atoms with Gasteiger partial charge in [-0.25, -0.2) is 9.18 Å². The maximum atomic E-state index is 14.7. The lowest BCUT2D eigenvalue weighted by atomic mass is 9.77. The zero-order chi connectivity index (χ0) is 28.7. The molecule has 2 aliphatic heterocycles. The molecule has 2 aliphatic rings. The molecule has 0 aliphatic carbocycles. The van der Waals surface area contributed by atoms with Crippen molar-refractivity contribution < 1.29 is 42.1 Å². The number of alkyl halides is 3. The normalized spacial score (nSPS) is 17.4. The Labute approximate surface area is 227 Å². The molecule has 40 heavy (non-hydrogen) atoms. The SMILES string of the molecule is O=C(O)c1ccc(N2CC3(CCN(Cc4cc(OC(F)(F)F)ccc4-c4ccc(O)cc4F)CC3)CC2=O)cc1. The fourth-order valence-electron chi connectivity index (χ4n) is 5.56. The first-order chi connectivity index (χ1) is 18.9. The summed E-state index contributed by atoms with van der Waals surface area (Å²) in [6.07, 6.45) is -3.19. The molecule has 2 N–H and O–H groups in total. The van der Waals surface area contributed by atoms with Crippen molar-refractivity contribution >= 4 is 17.6 Å². The Morgan fingerprint density at radius 1 is 0.975 bits per heavy atom. The van der Waals surface area contributed by atoms with Gasteiger partial charge in [0.05, 0.1) is 5.56 Å². The average molecular weight is 559 g/mol. The van der Waals surface area contributed by atoms with Gasteiger partial charge in [-0.15, -0.1) is 13.2 Å². The number of benzene rings is 3. The van der Waals surface area contributed by atoms with Crippen LogP contribution in [0.5, 0.6) is 11.5 Å². The Hall–Kier alpha value is -4.12. The van der Waals surface area contributed by atoms with Crippen LogP contribution in [-0.4, -0.2) is 53.0 Å². The number of hydrogen-bond donors (Lipinski definition) is 2. The minimum absolute atomic E-state index is 0.0429. The molecule has 210 valence electrons. The van der Waals surface area contributed by atoms with Crippen LogP contribution in [0.25, 0.3) is 11.1 Å². The van der Waals surface area contributed by atoms with Crippen molar-refractivity contribution in [3.05, 3.63) is 77.6 Å². The number of rotatable bonds is 6. The Balaban J connectivity index is 1.32. The van der Waals surface area contributed by atoms with E-state index >= 15 is 0 Å². The number of hydrogen-bond acceptors (Lipinski definition) is 5. The van der Waals surface area contributed by atoms with Crippen LogP contribution >= 0.6 is 0 Å². The highest BCUT2D eigenvalue weighted by atomic mass is 19.4. The smallest absolute Gasteiger partial charge is 0.508 e. The number of anilines is 1. The average Bonchev–Trinajstić information content (AvgIpc) is 3.21. The molecule has 3 aromatic carbocycles. The molecule has 5 rings (SSSR count). The van der Waals surface area contributed by atoms with Crippen molar-refractivity contribution in [1.29, 1.82) is 0 Å². The number of aromatic carboxylic acids is 1. The van der Waals surface area contributed by atoms with E-state index in [0.717, 1.165) is 12.1 Å². The van der Waals surface area contributed by atoms with E-state index < -0.39 is 23.9 Å². The van der Waals surface area contributed by atoms with Crippen LogP contribution in [0.3, 0.4) is 0 Å². The van der Waals surface area contributed by atoms with Crippen molar-refractivity contribution in [1.82, 2.24) is 4.90 Å². The second-order valence-corrected chi connectivity index (χ2v) is 10.3. The quantitative estimate of drug-likeness (QED) is 0.371. The summed E-state index contributed by atoms with van der Waals surface area (Å²) in [7, 11) is 0. The fraction of sp³-hybridized carbons (Fsp3) is 0.310. The molecule has 11 heteroatoms. The molecule has 0 bridgehead atoms. The van der Waals surface area contributed by atoms with Crippen molar-refractivity contribution in [3.63, 3.8) is 0 Å². The van der Waals surface area contributed by atoms with Crippen LogP contribution < -0.4 is 9.64 Å². The van der Waals surface area contributed by atoms with Gasteiger partial charge in [0.1, 0.15) is 17.3 Å². The first-order valence-electron chi connectivity index (χ1n) is 12.7. The molecule has 0 saturated carbocycles. The maximum absolute atomic E-state index is 14.7. The number of amides is 1. The highest BCUT2D eigenvalue weighted by Gasteiger charge is 2.45. The number of carbonyl (C=O) groups excluding carboxylic acids is 1. The van der Waals surface area contributed by atoms with Gasteiger partial charge in [0.2, 0.25) is 5.91 Å². The lowest BCUT2D eigenvalue weighted by Crippen LogP contribution is -2.41. The zero-order valence-electron chi connectivity index (χ0n) is 21.2. The second-order valence-electron chi connectivity index (χ2n) is 10.3. The van der Waals surface area contributed by atoms with Crippen LogP contribution in [0.2, 0.25) is 0 Å². The molecule has 3 aromatic rings. The number of phenols is 1. The Morgan fingerprint density at radius 3 is 2.27 bits per heavy atom. The van der Waals surface area contributed by atoms with Crippen LogP contribution in [0, 0.1) is 11.2 Å². The third-order valence-electron chi connectivity index (χ3n) is 7.61. The Bertz CT molecular complexity index is 1430. The summed E-state index contributed by atoms with van der Waals surface area (Å²) in [6.45, 7) is 1.86. The number of piperidine rings is 1. The largest absolute Gasteiger partial charge is 0.573 e. The van der Waals surface area contributed by atoms with E-state index in [9.17, 15) is 32.3 Å². The van der Waals surface area contributed by atoms with Crippen molar-refractivity contribution in [3.8, 4) is 22.6 Å². The molecule has 0 unspecified atom stereocenters. The molecule has 1 amide bonds. The van der Waals surface area contributed by atoms with Gasteiger partial charge >= 0.3 is 12.3 Å². The summed E-state index contributed by atoms with van der Waals surface area (Å²) in [5.74, 6) is -2.47. The van der Waals surface area contributed by atoms with Gasteiger partial charge in [-0.3, -0.25) is 9.69 Å². The minimum atomic E-state index is -4.88. The fourth-order valence-corrected chi connectivity index (χ4v) is 5.56. The molecule has 0 atom stereocenters. The van der Waals surface area contributed by atoms with E-state index in [4.69, 9.17) is 5.11 Å². The van der Waals surface area contributed by atoms with Crippen molar-refractivity contribution in [2.45, 2.75) is 32.2 Å². The number of nitrogens with zero attached hydrogens (tertiary/aromatic N) is 2. The molecule has 0 radical (unpaired) electrons. The van der Waals surface area contributed by atoms with Crippen LogP contribution in [-0.2, 0) is 11.3 Å². The molecule has 2 saturated heterocycles. The first-order valence-corrected chi connectivity index (χ1v) is 12.7. The van der Waals surface area contributed by atoms with Gasteiger partial charge in [0.25, 0.3) is 0 Å². The Morgan fingerprint density at radius 2 is 1.65 bits per heavy atom. The number of likely N-dealkylation sites (tertiary alicyclic amines) is 1. The third-order valence-corrected chi connectivity index (χ3v) is 7.61. The number of ether oxygens (including phenoxy) is 1. The lowest BCUT2D eigenvalue weighted by Gasteiger charge is -2.39. The number of aromatic hydroxyl groups is 1. The van der Waals surface area contributed by atoms with E-state index in [0.29, 0.717) is 55.7 Å². The zero-order valence-corrected chi connectivity index (χ0v) is 21.2. The summed E-state index contributed by atoms with van der Waals surface area (Å²) >= 11 is 0. The summed E-state index contributed by atoms with van der Waals surface area (Å²) in [4.78, 5) is 27.7. The van der Waals surface area contributed by atoms with Gasteiger partial charge in [-0.05, 0) is 91.0 Å². The highest BCUT2D eigenvalue weighted by Crippen LogP contribution is 2.43. The topological polar surface area (TPSA) is 90.3 Å². The standard InChI is InChI=1S/C29H26F4N2O5/c30-25-14-21(36)5-7-24(25)23-8-6-22(40-29(31,32)33)13-19(23)16-34-11-9-28(10-12-34)15-26(37)35(17-28)20-3-1-18(2-4-20)27(38)39/h1-8,13-14,36H,9-12,15-17H2,(H,38,39). The van der Waals surface area contributed by atoms with E-state index in [1.165, 1.54) is 36.4 Å². The van der Waals surface area contributed by atoms with Gasteiger partial charge in [0, 0.05) is 36.8 Å². The maximum Gasteiger partial charge on any atom is 0.573 e. The molecule has 1 spiro atoms. The lowest BCUT2D eigenvalue weighted by molar-refractivity contribution is -0.274. The highest BCUT2D eigenvalue weighted by molar-refractivity contribution is 5.97. The van der Waals surface area contributed by atoms with Crippen LogP contribution in [0.1, 0.15) is 35.2 Å². The van der Waals surface area contributed by atoms with E-state index in [1.807, 2.05) is 0 Å². The summed E-state index contributed by atoms with van der Waals surface area (Å²) in [5.41, 5.74) is 1.47. The third kappa shape index (κ3) is 5.89. The van der Waals surface area contributed by atoms with Gasteiger partial charge in [-0.1, -0.05) is 6.07 Å². The van der Waals surface area contributed by atoms with E-state index in [2.05, 4.69) is 9.64 Å². The van der Waals surface area contributed by atoms with Crippen molar-refractivity contribution in [2.24, 2.45) is 5.41 Å². The van der Waals surface area contributed by atoms with Crippen molar-refractivity contribution in [2.75, 3.05) is 24.5 Å². The molecule has 2 heterocycles. The van der Waals surface area contributed by atoms with Crippen LogP contribution in [0.4, 0.5) is 23.2 Å². The van der Waals surface area contributed by atoms with Gasteiger partial charge in [0.15, 0.2) is 0 Å². The molecule has 2 fully saturated rings. The number of phenolic OH excluding ortho intramolecular Hbond substituents is 1. The molecule has 7 nitrogen and oxygen atoms in total. The molecular weight excluding hydrogens is 532 g/mol. The molecular formula is C29H26F4N2O5. The summed E-state index contributed by atoms with van der Waals surface area (Å²) in [5, 5.41) is 18.7. The van der Waals surface area contributed by atoms with Gasteiger partial charge in [-0.2, -0.15) is 0 Å². The summed E-state index contributed by atoms with van der Waals surface area (Å²) in [6, 6.07) is 13.6. The predicted octanol–water partition coefficient (Wildman–Crippen LogP) is 5.81. The number of carbonyl (C=O) groups is 2. The number of carboxylic acids is 1. The number of carboxylic acid groups (broad SMARTS) is 1. The predicted molar refractivity (Wildman–Crippen MR) is 137 cm³/mol. The van der Waals surface area contributed by atoms with Gasteiger partial charge < -0.3 is 19.8 Å². The van der Waals surface area contributed by atoms with E-state index in [-0.39, 0.29) is 34.7 Å². The summed E-state index contributed by atoms with van der Waals surface area (Å²) < 4.78 is 57.5. The number of halogens is 4. The molecule has 0 aromatic heterocycles. The first kappa shape index (κ1) is 27.4. The monoisotopic (exact) mass is 558 g/mol. The minimum Gasteiger partial charge on any atom is -0.508 e.